The molecule has 12 nitrogen and oxygen atoms in total. The summed E-state index contributed by atoms with van der Waals surface area (Å²) in [5.41, 5.74) is -5.62. The predicted molar refractivity (Wildman–Crippen MR) is 74.3 cm³/mol. The van der Waals surface area contributed by atoms with E-state index in [4.69, 9.17) is 0 Å². The van der Waals surface area contributed by atoms with Gasteiger partial charge < -0.3 is 9.47 Å². The molecule has 25 heavy (non-hydrogen) atoms. The van der Waals surface area contributed by atoms with Crippen molar-refractivity contribution in [2.24, 2.45) is 11.8 Å². The van der Waals surface area contributed by atoms with Crippen LogP contribution in [-0.2, 0) is 28.7 Å². The fourth-order valence-corrected chi connectivity index (χ4v) is 3.68. The van der Waals surface area contributed by atoms with Crippen molar-refractivity contribution in [1.29, 1.82) is 0 Å². The maximum Gasteiger partial charge on any atom is 0.392 e. The van der Waals surface area contributed by atoms with Crippen LogP contribution in [0.3, 0.4) is 0 Å². The van der Waals surface area contributed by atoms with Crippen molar-refractivity contribution in [2.75, 3.05) is 14.2 Å². The second-order valence-corrected chi connectivity index (χ2v) is 5.98. The van der Waals surface area contributed by atoms with E-state index in [0.717, 1.165) is 14.2 Å². The first-order chi connectivity index (χ1) is 11.6. The highest BCUT2D eigenvalue weighted by Gasteiger charge is 2.74. The topological polar surface area (TPSA) is 173 Å². The Morgan fingerprint density at radius 3 is 1.48 bits per heavy atom. The molecule has 2 aliphatic rings. The number of hydrogen-bond acceptors (Lipinski definition) is 10. The number of nitro groups is 2. The molecular formula is C13H14N2O10. The number of rotatable bonds is 4. The summed E-state index contributed by atoms with van der Waals surface area (Å²) >= 11 is 0. The van der Waals surface area contributed by atoms with E-state index in [-0.39, 0.29) is 6.42 Å². The molecule has 12 heteroatoms. The van der Waals surface area contributed by atoms with Crippen LogP contribution in [0.15, 0.2) is 0 Å². The largest absolute Gasteiger partial charge is 0.463 e. The Labute approximate surface area is 139 Å². The highest BCUT2D eigenvalue weighted by molar-refractivity contribution is 6.14. The van der Waals surface area contributed by atoms with Crippen LogP contribution in [0.1, 0.15) is 19.3 Å². The van der Waals surface area contributed by atoms with E-state index in [1.807, 2.05) is 0 Å². The summed E-state index contributed by atoms with van der Waals surface area (Å²) in [6, 6.07) is 0. The van der Waals surface area contributed by atoms with Gasteiger partial charge in [0.15, 0.2) is 0 Å². The average molecular weight is 358 g/mol. The van der Waals surface area contributed by atoms with Crippen LogP contribution < -0.4 is 0 Å². The number of fused-ring (bicyclic) bond motifs is 2. The molecule has 2 aliphatic carbocycles. The van der Waals surface area contributed by atoms with Gasteiger partial charge in [-0.15, -0.1) is 0 Å². The molecule has 4 atom stereocenters. The van der Waals surface area contributed by atoms with Crippen molar-refractivity contribution >= 4 is 23.5 Å². The van der Waals surface area contributed by atoms with E-state index >= 15 is 0 Å². The molecule has 2 rings (SSSR count). The number of Topliss-reactive ketones (excluding diaryl/α,β-unsaturated/α-hetero) is 2. The first-order valence-electron chi connectivity index (χ1n) is 7.14. The van der Waals surface area contributed by atoms with E-state index in [1.54, 1.807) is 0 Å². The Balaban J connectivity index is 2.59. The number of esters is 2. The Kier molecular flexibility index (Phi) is 4.32. The maximum atomic E-state index is 12.6. The molecule has 0 aliphatic heterocycles. The quantitative estimate of drug-likeness (QED) is 0.260. The molecule has 0 amide bonds. The predicted octanol–water partition coefficient (Wildman–Crippen LogP) is -1.07. The summed E-state index contributed by atoms with van der Waals surface area (Å²) in [6.45, 7) is 0. The van der Waals surface area contributed by atoms with E-state index in [9.17, 15) is 39.4 Å². The van der Waals surface area contributed by atoms with Gasteiger partial charge in [-0.3, -0.25) is 29.8 Å². The molecule has 0 heterocycles. The summed E-state index contributed by atoms with van der Waals surface area (Å²) in [5, 5.41) is 22.9. The molecule has 0 aromatic heterocycles. The van der Waals surface area contributed by atoms with Gasteiger partial charge in [0.1, 0.15) is 0 Å². The lowest BCUT2D eigenvalue weighted by molar-refractivity contribution is -0.552. The molecule has 0 radical (unpaired) electrons. The second-order valence-electron chi connectivity index (χ2n) is 5.98. The van der Waals surface area contributed by atoms with Crippen molar-refractivity contribution in [3.8, 4) is 0 Å². The Morgan fingerprint density at radius 1 is 0.920 bits per heavy atom. The molecule has 0 saturated heterocycles. The van der Waals surface area contributed by atoms with Gasteiger partial charge in [-0.05, 0) is 6.42 Å². The van der Waals surface area contributed by atoms with E-state index in [2.05, 4.69) is 9.47 Å². The SMILES string of the molecule is COC(=O)[C@@]1([N+](=O)[O-])C[C@@H]2C[C@H](C[C@@](C(=O)OC)([N+](=O)[O-])C2=O)C1=O. The van der Waals surface area contributed by atoms with Gasteiger partial charge in [0, 0.05) is 34.5 Å². The van der Waals surface area contributed by atoms with Gasteiger partial charge in [-0.1, -0.05) is 0 Å². The zero-order chi connectivity index (χ0) is 19.2. The number of carbonyl (C=O) groups excluding carboxylic acids is 4. The van der Waals surface area contributed by atoms with E-state index in [0.29, 0.717) is 0 Å². The number of methoxy groups -OCH3 is 2. The minimum atomic E-state index is -2.81. The number of ether oxygens (including phenoxy) is 2. The standard InChI is InChI=1S/C13H14N2O10/c1-24-10(18)12(14(20)21)4-6-3-7(8(12)16)5-13(9(6)17,15(22)23)11(19)25-2/h6-7H,3-5H2,1-2H3/t6-,7+,12-,13-/m1/s1. The fraction of sp³-hybridized carbons (Fsp3) is 0.692. The van der Waals surface area contributed by atoms with Gasteiger partial charge in [0.05, 0.1) is 14.2 Å². The van der Waals surface area contributed by atoms with Crippen molar-refractivity contribution in [2.45, 2.75) is 30.3 Å². The molecule has 2 bridgehead atoms. The lowest BCUT2D eigenvalue weighted by Crippen LogP contribution is -2.69. The molecular weight excluding hydrogens is 344 g/mol. The van der Waals surface area contributed by atoms with Crippen LogP contribution in [-0.4, -0.2) is 58.6 Å². The lowest BCUT2D eigenvalue weighted by atomic mass is 9.58. The van der Waals surface area contributed by atoms with E-state index in [1.165, 1.54) is 0 Å². The van der Waals surface area contributed by atoms with Crippen LogP contribution in [0.25, 0.3) is 0 Å². The Bertz CT molecular complexity index is 645. The molecule has 2 fully saturated rings. The van der Waals surface area contributed by atoms with Crippen molar-refractivity contribution in [1.82, 2.24) is 0 Å². The first-order valence-corrected chi connectivity index (χ1v) is 7.14. The molecule has 0 unspecified atom stereocenters. The summed E-state index contributed by atoms with van der Waals surface area (Å²) < 4.78 is 8.71. The minimum absolute atomic E-state index is 0.211. The van der Waals surface area contributed by atoms with Crippen LogP contribution in [0.2, 0.25) is 0 Å². The van der Waals surface area contributed by atoms with Crippen LogP contribution in [0.4, 0.5) is 0 Å². The maximum absolute atomic E-state index is 12.6. The van der Waals surface area contributed by atoms with Crippen molar-refractivity contribution in [3.05, 3.63) is 20.2 Å². The number of ketones is 2. The summed E-state index contributed by atoms with van der Waals surface area (Å²) in [6.07, 6.45) is -2.00. The van der Waals surface area contributed by atoms with Gasteiger partial charge in [-0.2, -0.15) is 0 Å². The van der Waals surface area contributed by atoms with Crippen molar-refractivity contribution < 1.29 is 38.5 Å². The number of nitrogens with zero attached hydrogens (tertiary/aromatic N) is 2. The molecule has 136 valence electrons. The van der Waals surface area contributed by atoms with E-state index < -0.39 is 69.1 Å². The van der Waals surface area contributed by atoms with Gasteiger partial charge in [0.25, 0.3) is 0 Å². The molecule has 0 aromatic carbocycles. The Hall–Kier alpha value is -2.92. The summed E-state index contributed by atoms with van der Waals surface area (Å²) in [7, 11) is 1.70. The Morgan fingerprint density at radius 2 is 1.24 bits per heavy atom. The molecule has 2 saturated carbocycles. The third-order valence-corrected chi connectivity index (χ3v) is 4.88. The highest BCUT2D eigenvalue weighted by Crippen LogP contribution is 2.47. The normalized spacial score (nSPS) is 34.2. The van der Waals surface area contributed by atoms with Gasteiger partial charge >= 0.3 is 23.0 Å². The van der Waals surface area contributed by atoms with Crippen molar-refractivity contribution in [3.63, 3.8) is 0 Å². The molecule has 0 N–H and O–H groups in total. The average Bonchev–Trinajstić information content (AvgIpc) is 2.58. The van der Waals surface area contributed by atoms with Crippen LogP contribution in [0.5, 0.6) is 0 Å². The summed E-state index contributed by atoms with van der Waals surface area (Å²) in [4.78, 5) is 69.7. The third kappa shape index (κ3) is 2.20. The fourth-order valence-electron chi connectivity index (χ4n) is 3.68. The second kappa shape index (κ2) is 5.86. The van der Waals surface area contributed by atoms with Crippen LogP contribution in [0, 0.1) is 32.1 Å². The summed E-state index contributed by atoms with van der Waals surface area (Å²) in [5.74, 6) is -8.10. The van der Waals surface area contributed by atoms with Gasteiger partial charge in [-0.25, -0.2) is 9.59 Å². The number of hydrogen-bond donors (Lipinski definition) is 0. The highest BCUT2D eigenvalue weighted by atomic mass is 16.6. The smallest absolute Gasteiger partial charge is 0.392 e. The van der Waals surface area contributed by atoms with Crippen LogP contribution >= 0.6 is 0 Å². The zero-order valence-corrected chi connectivity index (χ0v) is 13.3. The third-order valence-electron chi connectivity index (χ3n) is 4.88. The van der Waals surface area contributed by atoms with Gasteiger partial charge in [0.2, 0.25) is 11.6 Å². The first kappa shape index (κ1) is 18.4. The number of carbonyl (C=O) groups is 4. The lowest BCUT2D eigenvalue weighted by Gasteiger charge is -2.41. The zero-order valence-electron chi connectivity index (χ0n) is 13.3. The molecule has 0 spiro atoms. The minimum Gasteiger partial charge on any atom is -0.463 e. The monoisotopic (exact) mass is 358 g/mol. The molecule has 0 aromatic rings.